The van der Waals surface area contributed by atoms with Crippen molar-refractivity contribution in [2.75, 3.05) is 29.9 Å². The lowest BCUT2D eigenvalue weighted by Crippen LogP contribution is -2.51. The number of likely N-dealkylation sites (tertiary alicyclic amines) is 1. The van der Waals surface area contributed by atoms with E-state index in [9.17, 15) is 9.59 Å². The number of nitrogens with one attached hydrogen (secondary N) is 2. The fraction of sp³-hybridized carbons (Fsp3) is 0.310. The Morgan fingerprint density at radius 1 is 1.20 bits per heavy atom. The van der Waals surface area contributed by atoms with Crippen molar-refractivity contribution in [3.8, 4) is 11.6 Å². The number of epoxide rings is 1. The molecule has 3 aromatic heterocycles. The second-order valence-electron chi connectivity index (χ2n) is 10.3. The number of anilines is 3. The number of thiophene rings is 1. The Hall–Kier alpha value is -4.06. The van der Waals surface area contributed by atoms with Crippen LogP contribution in [0.4, 0.5) is 21.9 Å². The summed E-state index contributed by atoms with van der Waals surface area (Å²) in [5.41, 5.74) is 1.74. The van der Waals surface area contributed by atoms with Gasteiger partial charge in [-0.25, -0.2) is 14.8 Å². The lowest BCUT2D eigenvalue weighted by Gasteiger charge is -2.36. The van der Waals surface area contributed by atoms with Gasteiger partial charge in [-0.05, 0) is 50.6 Å². The minimum absolute atomic E-state index is 0.0305. The van der Waals surface area contributed by atoms with Crippen LogP contribution < -0.4 is 20.3 Å². The Morgan fingerprint density at radius 3 is 2.85 bits per heavy atom. The molecule has 204 valence electrons. The van der Waals surface area contributed by atoms with E-state index in [0.29, 0.717) is 50.5 Å². The summed E-state index contributed by atoms with van der Waals surface area (Å²) in [6, 6.07) is 14.6. The first-order valence-electron chi connectivity index (χ1n) is 13.4. The Bertz CT molecular complexity index is 1590. The predicted molar refractivity (Wildman–Crippen MR) is 153 cm³/mol. The van der Waals surface area contributed by atoms with Crippen molar-refractivity contribution in [1.82, 2.24) is 20.2 Å². The maximum Gasteiger partial charge on any atom is 0.331 e. The number of para-hydroxylation sites is 1. The smallest absolute Gasteiger partial charge is 0.331 e. The van der Waals surface area contributed by atoms with E-state index in [0.717, 1.165) is 37.9 Å². The summed E-state index contributed by atoms with van der Waals surface area (Å²) in [6.45, 7) is 4.79. The molecule has 0 radical (unpaired) electrons. The maximum atomic E-state index is 13.5. The maximum absolute atomic E-state index is 13.5. The van der Waals surface area contributed by atoms with Gasteiger partial charge in [-0.1, -0.05) is 18.2 Å². The van der Waals surface area contributed by atoms with Crippen molar-refractivity contribution in [3.05, 3.63) is 65.8 Å². The van der Waals surface area contributed by atoms with Crippen molar-refractivity contribution in [2.24, 2.45) is 0 Å². The largest absolute Gasteiger partial charge is 0.439 e. The van der Waals surface area contributed by atoms with E-state index < -0.39 is 0 Å². The second kappa shape index (κ2) is 10.2. The zero-order valence-electron chi connectivity index (χ0n) is 21.9. The number of carbonyl (C=O) groups excluding carboxylic acids is 2. The number of benzene rings is 1. The van der Waals surface area contributed by atoms with E-state index in [1.807, 2.05) is 30.3 Å². The van der Waals surface area contributed by atoms with Crippen LogP contribution in [0.3, 0.4) is 0 Å². The third kappa shape index (κ3) is 4.66. The standard InChI is InChI=1S/C29H28N6O4S/c1-17(22-16-38-22)34-13-5-6-18(15-34)32-27(36)26-25-24-21(10-12-31-28(24)40-26)35(29(37)33-25)19-9-11-30-23(14-19)39-20-7-3-2-4-8-20/h2-4,7-12,14,17-18,22H,5-6,13,15-16H2,1H3,(H,32,36)(H,33,37)/t17?,18-,22?/m1/s1. The molecule has 3 amide bonds. The van der Waals surface area contributed by atoms with E-state index in [-0.39, 0.29) is 18.0 Å². The number of aromatic nitrogens is 2. The molecule has 1 aromatic carbocycles. The molecular formula is C29H28N6O4S. The number of hydrogen-bond donors (Lipinski definition) is 2. The number of pyridine rings is 2. The molecule has 3 atom stereocenters. The quantitative estimate of drug-likeness (QED) is 0.303. The number of piperidine rings is 1. The van der Waals surface area contributed by atoms with Crippen LogP contribution in [0.15, 0.2) is 60.9 Å². The predicted octanol–water partition coefficient (Wildman–Crippen LogP) is 5.15. The highest BCUT2D eigenvalue weighted by Gasteiger charge is 2.37. The van der Waals surface area contributed by atoms with E-state index in [1.165, 1.54) is 11.3 Å². The molecule has 40 heavy (non-hydrogen) atoms. The summed E-state index contributed by atoms with van der Waals surface area (Å²) in [4.78, 5) is 41.0. The minimum atomic E-state index is -0.369. The zero-order valence-corrected chi connectivity index (χ0v) is 22.7. The number of ether oxygens (including phenoxy) is 2. The summed E-state index contributed by atoms with van der Waals surface area (Å²) in [5, 5.41) is 6.93. The third-order valence-electron chi connectivity index (χ3n) is 7.66. The van der Waals surface area contributed by atoms with Crippen molar-refractivity contribution < 1.29 is 19.1 Å². The number of rotatable bonds is 7. The molecule has 0 aliphatic carbocycles. The SMILES string of the molecule is CC(C1CO1)N1CCC[C@@H](NC(=O)c2sc3nccc4c3c2NC(=O)N4c2ccnc(Oc3ccccc3)c2)C1. The van der Waals surface area contributed by atoms with Gasteiger partial charge >= 0.3 is 6.03 Å². The molecule has 4 aromatic rings. The van der Waals surface area contributed by atoms with Crippen LogP contribution in [-0.2, 0) is 4.74 Å². The monoisotopic (exact) mass is 556 g/mol. The number of hydrogen-bond acceptors (Lipinski definition) is 8. The van der Waals surface area contributed by atoms with Gasteiger partial charge < -0.3 is 20.1 Å². The fourth-order valence-corrected chi connectivity index (χ4v) is 6.54. The molecule has 2 N–H and O–H groups in total. The fourth-order valence-electron chi connectivity index (χ4n) is 5.52. The van der Waals surface area contributed by atoms with E-state index in [1.54, 1.807) is 35.5 Å². The van der Waals surface area contributed by atoms with Crippen LogP contribution in [0.5, 0.6) is 11.6 Å². The van der Waals surface area contributed by atoms with Gasteiger partial charge in [0.2, 0.25) is 5.88 Å². The number of urea groups is 1. The highest BCUT2D eigenvalue weighted by atomic mass is 32.1. The average molecular weight is 557 g/mol. The summed E-state index contributed by atoms with van der Waals surface area (Å²) in [6.07, 6.45) is 5.49. The van der Waals surface area contributed by atoms with Crippen molar-refractivity contribution in [2.45, 2.75) is 38.0 Å². The number of carbonyl (C=O) groups is 2. The summed E-state index contributed by atoms with van der Waals surface area (Å²) >= 11 is 1.29. The Labute approximate surface area is 234 Å². The third-order valence-corrected chi connectivity index (χ3v) is 8.75. The van der Waals surface area contributed by atoms with Crippen LogP contribution in [0, 0.1) is 0 Å². The first-order valence-corrected chi connectivity index (χ1v) is 14.2. The Balaban J connectivity index is 1.16. The van der Waals surface area contributed by atoms with E-state index >= 15 is 0 Å². The normalized spacial score (nSPS) is 21.1. The van der Waals surface area contributed by atoms with Gasteiger partial charge in [-0.15, -0.1) is 11.3 Å². The van der Waals surface area contributed by atoms with Gasteiger partial charge in [0.15, 0.2) is 0 Å². The van der Waals surface area contributed by atoms with Crippen molar-refractivity contribution in [1.29, 1.82) is 0 Å². The molecule has 2 unspecified atom stereocenters. The molecule has 2 saturated heterocycles. The van der Waals surface area contributed by atoms with Crippen molar-refractivity contribution in [3.63, 3.8) is 0 Å². The molecule has 3 aliphatic rings. The van der Waals surface area contributed by atoms with E-state index in [2.05, 4.69) is 32.4 Å². The molecule has 3 aliphatic heterocycles. The molecule has 6 heterocycles. The van der Waals surface area contributed by atoms with Crippen LogP contribution in [-0.4, -0.2) is 64.7 Å². The van der Waals surface area contributed by atoms with Gasteiger partial charge in [-0.3, -0.25) is 14.6 Å². The number of amides is 3. The molecule has 0 saturated carbocycles. The molecule has 2 fully saturated rings. The van der Waals surface area contributed by atoms with Crippen LogP contribution in [0.25, 0.3) is 10.2 Å². The summed E-state index contributed by atoms with van der Waals surface area (Å²) in [5.74, 6) is 0.818. The second-order valence-corrected chi connectivity index (χ2v) is 11.3. The van der Waals surface area contributed by atoms with Gasteiger partial charge in [0.25, 0.3) is 5.91 Å². The van der Waals surface area contributed by atoms with Gasteiger partial charge in [0.1, 0.15) is 15.5 Å². The van der Waals surface area contributed by atoms with Gasteiger partial charge in [0.05, 0.1) is 35.2 Å². The molecule has 7 rings (SSSR count). The lowest BCUT2D eigenvalue weighted by atomic mass is 10.0. The highest BCUT2D eigenvalue weighted by Crippen LogP contribution is 2.46. The first-order chi connectivity index (χ1) is 19.5. The first kappa shape index (κ1) is 24.9. The summed E-state index contributed by atoms with van der Waals surface area (Å²) < 4.78 is 11.4. The number of nitrogens with zero attached hydrogens (tertiary/aromatic N) is 4. The van der Waals surface area contributed by atoms with E-state index in [4.69, 9.17) is 9.47 Å². The highest BCUT2D eigenvalue weighted by molar-refractivity contribution is 7.21. The topological polar surface area (TPSA) is 112 Å². The lowest BCUT2D eigenvalue weighted by molar-refractivity contribution is 0.0867. The molecular weight excluding hydrogens is 528 g/mol. The zero-order chi connectivity index (χ0) is 27.2. The van der Waals surface area contributed by atoms with Crippen molar-refractivity contribution >= 4 is 50.6 Å². The van der Waals surface area contributed by atoms with Crippen LogP contribution >= 0.6 is 11.3 Å². The summed E-state index contributed by atoms with van der Waals surface area (Å²) in [7, 11) is 0. The van der Waals surface area contributed by atoms with Crippen LogP contribution in [0.2, 0.25) is 0 Å². The minimum Gasteiger partial charge on any atom is -0.439 e. The van der Waals surface area contributed by atoms with Crippen LogP contribution in [0.1, 0.15) is 29.4 Å². The van der Waals surface area contributed by atoms with Gasteiger partial charge in [-0.2, -0.15) is 0 Å². The molecule has 0 spiro atoms. The molecule has 10 nitrogen and oxygen atoms in total. The molecule has 0 bridgehead atoms. The van der Waals surface area contributed by atoms with Gasteiger partial charge in [0, 0.05) is 37.1 Å². The Morgan fingerprint density at radius 2 is 2.02 bits per heavy atom. The molecule has 11 heteroatoms. The Kier molecular flexibility index (Phi) is 6.34. The average Bonchev–Trinajstić information content (AvgIpc) is 3.75.